The van der Waals surface area contributed by atoms with E-state index in [1.54, 1.807) is 19.0 Å². The number of hydrogen-bond acceptors (Lipinski definition) is 3. The topological polar surface area (TPSA) is 48.6 Å². The quantitative estimate of drug-likeness (QED) is 0.935. The molecule has 1 aliphatic rings. The minimum Gasteiger partial charge on any atom is -0.380 e. The molecule has 124 valence electrons. The van der Waals surface area contributed by atoms with Gasteiger partial charge in [0.05, 0.1) is 19.8 Å². The highest BCUT2D eigenvalue weighted by Gasteiger charge is 2.21. The van der Waals surface area contributed by atoms with Gasteiger partial charge in [-0.3, -0.25) is 9.69 Å². The SMILES string of the molecule is CN(C)C(=O)CN1CCOCC(Cc2ccc3[nH]ccc3c2)C1. The molecule has 1 atom stereocenters. The van der Waals surface area contributed by atoms with Gasteiger partial charge in [-0.2, -0.15) is 0 Å². The largest absolute Gasteiger partial charge is 0.380 e. The van der Waals surface area contributed by atoms with E-state index in [0.717, 1.165) is 26.1 Å². The average molecular weight is 315 g/mol. The Bertz CT molecular complexity index is 665. The summed E-state index contributed by atoms with van der Waals surface area (Å²) in [6.45, 7) is 3.67. The summed E-state index contributed by atoms with van der Waals surface area (Å²) in [4.78, 5) is 19.0. The molecule has 1 unspecified atom stereocenters. The molecule has 3 rings (SSSR count). The molecule has 0 radical (unpaired) electrons. The Balaban J connectivity index is 1.64. The summed E-state index contributed by atoms with van der Waals surface area (Å²) in [6.07, 6.45) is 2.95. The molecule has 1 amide bonds. The first kappa shape index (κ1) is 16.0. The van der Waals surface area contributed by atoms with E-state index in [1.165, 1.54) is 16.5 Å². The predicted octanol–water partition coefficient (Wildman–Crippen LogP) is 1.75. The highest BCUT2D eigenvalue weighted by Crippen LogP contribution is 2.19. The van der Waals surface area contributed by atoms with E-state index in [4.69, 9.17) is 4.74 Å². The molecule has 2 heterocycles. The van der Waals surface area contributed by atoms with Gasteiger partial charge in [0.15, 0.2) is 0 Å². The molecule has 5 heteroatoms. The Hall–Kier alpha value is -1.85. The molecule has 2 aromatic rings. The summed E-state index contributed by atoms with van der Waals surface area (Å²) in [7, 11) is 3.61. The first-order valence-electron chi connectivity index (χ1n) is 8.18. The summed E-state index contributed by atoms with van der Waals surface area (Å²) >= 11 is 0. The van der Waals surface area contributed by atoms with Gasteiger partial charge in [0, 0.05) is 38.9 Å². The van der Waals surface area contributed by atoms with Crippen molar-refractivity contribution in [1.29, 1.82) is 0 Å². The van der Waals surface area contributed by atoms with Crippen LogP contribution in [0.1, 0.15) is 5.56 Å². The lowest BCUT2D eigenvalue weighted by Gasteiger charge is -2.24. The minimum atomic E-state index is 0.152. The molecule has 1 aliphatic heterocycles. The second-order valence-corrected chi connectivity index (χ2v) is 6.57. The average Bonchev–Trinajstić information content (AvgIpc) is 2.87. The summed E-state index contributed by atoms with van der Waals surface area (Å²) in [5.74, 6) is 0.572. The van der Waals surface area contributed by atoms with Gasteiger partial charge in [0.1, 0.15) is 0 Å². The number of hydrogen-bond donors (Lipinski definition) is 1. The lowest BCUT2D eigenvalue weighted by molar-refractivity contribution is -0.129. The number of aromatic nitrogens is 1. The second kappa shape index (κ2) is 7.15. The predicted molar refractivity (Wildman–Crippen MR) is 91.4 cm³/mol. The standard InChI is InChI=1S/C18H25N3O2/c1-20(2)18(22)12-21-7-8-23-13-15(11-21)9-14-3-4-17-16(10-14)5-6-19-17/h3-6,10,15,19H,7-9,11-13H2,1-2H3. The van der Waals surface area contributed by atoms with Gasteiger partial charge in [-0.15, -0.1) is 0 Å². The van der Waals surface area contributed by atoms with Gasteiger partial charge in [-0.1, -0.05) is 6.07 Å². The molecule has 0 spiro atoms. The van der Waals surface area contributed by atoms with Crippen molar-refractivity contribution in [2.75, 3.05) is 46.9 Å². The zero-order valence-electron chi connectivity index (χ0n) is 13.9. The van der Waals surface area contributed by atoms with Crippen LogP contribution in [-0.2, 0) is 16.0 Å². The highest BCUT2D eigenvalue weighted by molar-refractivity contribution is 5.80. The number of benzene rings is 1. The van der Waals surface area contributed by atoms with Crippen molar-refractivity contribution in [3.05, 3.63) is 36.0 Å². The molecule has 0 aliphatic carbocycles. The number of carbonyl (C=O) groups is 1. The van der Waals surface area contributed by atoms with Crippen molar-refractivity contribution in [1.82, 2.24) is 14.8 Å². The number of rotatable bonds is 4. The maximum absolute atomic E-state index is 11.9. The van der Waals surface area contributed by atoms with Crippen LogP contribution in [0.15, 0.2) is 30.5 Å². The Morgan fingerprint density at radius 2 is 2.26 bits per heavy atom. The van der Waals surface area contributed by atoms with Gasteiger partial charge in [0.2, 0.25) is 5.91 Å². The number of amides is 1. The molecular weight excluding hydrogens is 290 g/mol. The smallest absolute Gasteiger partial charge is 0.236 e. The normalized spacial score (nSPS) is 19.7. The van der Waals surface area contributed by atoms with Gasteiger partial charge >= 0.3 is 0 Å². The van der Waals surface area contributed by atoms with Crippen molar-refractivity contribution < 1.29 is 9.53 Å². The van der Waals surface area contributed by atoms with Crippen molar-refractivity contribution in [2.24, 2.45) is 5.92 Å². The third kappa shape index (κ3) is 4.12. The lowest BCUT2D eigenvalue weighted by Crippen LogP contribution is -2.39. The Morgan fingerprint density at radius 3 is 3.09 bits per heavy atom. The van der Waals surface area contributed by atoms with Crippen LogP contribution in [0.3, 0.4) is 0 Å². The number of likely N-dealkylation sites (N-methyl/N-ethyl adjacent to an activating group) is 1. The minimum absolute atomic E-state index is 0.152. The van der Waals surface area contributed by atoms with Crippen LogP contribution >= 0.6 is 0 Å². The number of H-pyrrole nitrogens is 1. The van der Waals surface area contributed by atoms with Crippen LogP contribution in [-0.4, -0.2) is 67.6 Å². The van der Waals surface area contributed by atoms with E-state index >= 15 is 0 Å². The molecule has 1 N–H and O–H groups in total. The molecular formula is C18H25N3O2. The molecule has 0 bridgehead atoms. The zero-order chi connectivity index (χ0) is 16.2. The van der Waals surface area contributed by atoms with Crippen LogP contribution in [0.4, 0.5) is 0 Å². The summed E-state index contributed by atoms with van der Waals surface area (Å²) in [5, 5.41) is 1.25. The summed E-state index contributed by atoms with van der Waals surface area (Å²) in [5.41, 5.74) is 2.50. The number of fused-ring (bicyclic) bond motifs is 1. The van der Waals surface area contributed by atoms with Crippen LogP contribution < -0.4 is 0 Å². The number of ether oxygens (including phenoxy) is 1. The van der Waals surface area contributed by atoms with Crippen LogP contribution in [0.25, 0.3) is 10.9 Å². The van der Waals surface area contributed by atoms with Crippen LogP contribution in [0.2, 0.25) is 0 Å². The molecule has 5 nitrogen and oxygen atoms in total. The number of nitrogens with one attached hydrogen (secondary N) is 1. The van der Waals surface area contributed by atoms with E-state index in [-0.39, 0.29) is 5.91 Å². The Kier molecular flexibility index (Phi) is 4.98. The number of carbonyl (C=O) groups excluding carboxylic acids is 1. The number of nitrogens with zero attached hydrogens (tertiary/aromatic N) is 2. The molecule has 23 heavy (non-hydrogen) atoms. The second-order valence-electron chi connectivity index (χ2n) is 6.57. The molecule has 1 aromatic heterocycles. The van der Waals surface area contributed by atoms with Crippen molar-refractivity contribution in [3.63, 3.8) is 0 Å². The van der Waals surface area contributed by atoms with Crippen LogP contribution in [0.5, 0.6) is 0 Å². The van der Waals surface area contributed by atoms with Gasteiger partial charge < -0.3 is 14.6 Å². The first-order valence-corrected chi connectivity index (χ1v) is 8.18. The van der Waals surface area contributed by atoms with Gasteiger partial charge in [-0.05, 0) is 41.5 Å². The highest BCUT2D eigenvalue weighted by atomic mass is 16.5. The summed E-state index contributed by atoms with van der Waals surface area (Å²) in [6, 6.07) is 8.66. The molecule has 1 saturated heterocycles. The Morgan fingerprint density at radius 1 is 1.39 bits per heavy atom. The number of aromatic amines is 1. The van der Waals surface area contributed by atoms with Crippen LogP contribution in [0, 0.1) is 5.92 Å². The maximum atomic E-state index is 11.9. The Labute approximate surface area is 137 Å². The summed E-state index contributed by atoms with van der Waals surface area (Å²) < 4.78 is 5.75. The monoisotopic (exact) mass is 315 g/mol. The van der Waals surface area contributed by atoms with E-state index in [0.29, 0.717) is 19.1 Å². The van der Waals surface area contributed by atoms with Crippen molar-refractivity contribution in [3.8, 4) is 0 Å². The third-order valence-electron chi connectivity index (χ3n) is 4.42. The van der Waals surface area contributed by atoms with E-state index in [9.17, 15) is 4.79 Å². The fourth-order valence-electron chi connectivity index (χ4n) is 3.12. The zero-order valence-corrected chi connectivity index (χ0v) is 13.9. The third-order valence-corrected chi connectivity index (χ3v) is 4.42. The van der Waals surface area contributed by atoms with Crippen molar-refractivity contribution >= 4 is 16.8 Å². The lowest BCUT2D eigenvalue weighted by atomic mass is 9.98. The van der Waals surface area contributed by atoms with E-state index in [1.807, 2.05) is 6.20 Å². The van der Waals surface area contributed by atoms with Gasteiger partial charge in [0.25, 0.3) is 0 Å². The van der Waals surface area contributed by atoms with Gasteiger partial charge in [-0.25, -0.2) is 0 Å². The molecule has 1 fully saturated rings. The molecule has 0 saturated carbocycles. The molecule has 1 aromatic carbocycles. The fraction of sp³-hybridized carbons (Fsp3) is 0.500. The first-order chi connectivity index (χ1) is 11.1. The van der Waals surface area contributed by atoms with Crippen molar-refractivity contribution in [2.45, 2.75) is 6.42 Å². The fourth-order valence-corrected chi connectivity index (χ4v) is 3.12. The maximum Gasteiger partial charge on any atom is 0.236 e. The van der Waals surface area contributed by atoms with E-state index < -0.39 is 0 Å². The van der Waals surface area contributed by atoms with E-state index in [2.05, 4.69) is 34.1 Å².